The van der Waals surface area contributed by atoms with Crippen LogP contribution in [0.15, 0.2) is 41.5 Å². The average Bonchev–Trinajstić information content (AvgIpc) is 3.06. The van der Waals surface area contributed by atoms with Gasteiger partial charge in [0.05, 0.1) is 0 Å². The van der Waals surface area contributed by atoms with Gasteiger partial charge in [0.15, 0.2) is 0 Å². The van der Waals surface area contributed by atoms with Crippen LogP contribution in [0.1, 0.15) is 76.2 Å². The molecule has 0 heteroatoms. The number of hydrogen-bond acceptors (Lipinski definition) is 0. The van der Waals surface area contributed by atoms with E-state index in [4.69, 9.17) is 0 Å². The quantitative estimate of drug-likeness (QED) is 0.531. The van der Waals surface area contributed by atoms with E-state index in [1.807, 2.05) is 11.1 Å². The van der Waals surface area contributed by atoms with Crippen molar-refractivity contribution in [2.75, 3.05) is 0 Å². The molecule has 3 fully saturated rings. The Morgan fingerprint density at radius 1 is 0.792 bits per heavy atom. The van der Waals surface area contributed by atoms with Gasteiger partial charge in [0, 0.05) is 0 Å². The van der Waals surface area contributed by atoms with Gasteiger partial charge in [-0.25, -0.2) is 0 Å². The Morgan fingerprint density at radius 2 is 1.71 bits per heavy atom. The Morgan fingerprint density at radius 3 is 2.62 bits per heavy atom. The third kappa shape index (κ3) is 2.40. The Labute approximate surface area is 147 Å². The van der Waals surface area contributed by atoms with Crippen molar-refractivity contribution in [2.24, 2.45) is 23.2 Å². The summed E-state index contributed by atoms with van der Waals surface area (Å²) in [5.41, 5.74) is 6.18. The molecular weight excluding hydrogens is 288 g/mol. The van der Waals surface area contributed by atoms with Crippen molar-refractivity contribution in [3.8, 4) is 0 Å². The van der Waals surface area contributed by atoms with Crippen molar-refractivity contribution in [1.29, 1.82) is 0 Å². The first kappa shape index (κ1) is 15.2. The lowest BCUT2D eigenvalue weighted by Crippen LogP contribution is -2.41. The molecule has 24 heavy (non-hydrogen) atoms. The smallest absolute Gasteiger partial charge is 0.0166 e. The second-order valence-electron chi connectivity index (χ2n) is 9.20. The standard InChI is InChI=1S/C24H32/c1-2-7-18(8-3-1)17-24-15-6-11-23(24)22-13-12-19-9-4-5-10-20(19)21(22)14-16-24/h1-3,7-8,19,22-23H,4-6,9-17H2/t19?,22-,23+,24+/m1/s1. The minimum absolute atomic E-state index is 0.636. The van der Waals surface area contributed by atoms with Crippen LogP contribution in [0.2, 0.25) is 0 Å². The highest BCUT2D eigenvalue weighted by Crippen LogP contribution is 2.61. The molecule has 1 aromatic carbocycles. The first-order valence-corrected chi connectivity index (χ1v) is 10.6. The third-order valence-corrected chi connectivity index (χ3v) is 8.18. The summed E-state index contributed by atoms with van der Waals surface area (Å²) in [6.07, 6.45) is 17.7. The highest BCUT2D eigenvalue weighted by Gasteiger charge is 2.51. The van der Waals surface area contributed by atoms with Crippen LogP contribution in [-0.4, -0.2) is 0 Å². The maximum absolute atomic E-state index is 2.37. The summed E-state index contributed by atoms with van der Waals surface area (Å²) >= 11 is 0. The predicted octanol–water partition coefficient (Wildman–Crippen LogP) is 6.71. The molecule has 0 bridgehead atoms. The SMILES string of the molecule is c1ccc(C[C@@]23CCC[C@H]2[C@@H]2CCC4CCCCC4=C2CC3)cc1. The number of allylic oxidation sites excluding steroid dienone is 2. The largest absolute Gasteiger partial charge is 0.0676 e. The molecule has 0 heterocycles. The Kier molecular flexibility index (Phi) is 3.83. The van der Waals surface area contributed by atoms with E-state index >= 15 is 0 Å². The first-order valence-electron chi connectivity index (χ1n) is 10.6. The van der Waals surface area contributed by atoms with Gasteiger partial charge in [-0.2, -0.15) is 0 Å². The molecule has 0 N–H and O–H groups in total. The molecule has 1 unspecified atom stereocenters. The van der Waals surface area contributed by atoms with E-state index in [0.29, 0.717) is 5.41 Å². The fraction of sp³-hybridized carbons (Fsp3) is 0.667. The van der Waals surface area contributed by atoms with Gasteiger partial charge in [0.1, 0.15) is 0 Å². The van der Waals surface area contributed by atoms with Crippen molar-refractivity contribution < 1.29 is 0 Å². The van der Waals surface area contributed by atoms with E-state index in [0.717, 1.165) is 17.8 Å². The predicted molar refractivity (Wildman–Crippen MR) is 101 cm³/mol. The van der Waals surface area contributed by atoms with Crippen LogP contribution < -0.4 is 0 Å². The minimum Gasteiger partial charge on any atom is -0.0676 e. The van der Waals surface area contributed by atoms with Crippen molar-refractivity contribution in [2.45, 2.75) is 77.0 Å². The molecule has 0 aromatic heterocycles. The number of fused-ring (bicyclic) bond motifs is 4. The molecule has 0 amide bonds. The first-order chi connectivity index (χ1) is 11.9. The lowest BCUT2D eigenvalue weighted by atomic mass is 9.55. The Hall–Kier alpha value is -1.04. The zero-order chi connectivity index (χ0) is 16.0. The lowest BCUT2D eigenvalue weighted by Gasteiger charge is -2.50. The van der Waals surface area contributed by atoms with E-state index in [9.17, 15) is 0 Å². The minimum atomic E-state index is 0.636. The Bertz CT molecular complexity index is 625. The molecule has 0 nitrogen and oxygen atoms in total. The van der Waals surface area contributed by atoms with Gasteiger partial charge in [0.25, 0.3) is 0 Å². The van der Waals surface area contributed by atoms with Crippen LogP contribution in [0.4, 0.5) is 0 Å². The van der Waals surface area contributed by atoms with E-state index in [1.54, 1.807) is 5.56 Å². The highest BCUT2D eigenvalue weighted by molar-refractivity contribution is 5.30. The maximum Gasteiger partial charge on any atom is -0.0166 e. The number of rotatable bonds is 2. The topological polar surface area (TPSA) is 0 Å². The molecule has 0 radical (unpaired) electrons. The fourth-order valence-electron chi connectivity index (χ4n) is 7.21. The summed E-state index contributed by atoms with van der Waals surface area (Å²) in [6.45, 7) is 0. The van der Waals surface area contributed by atoms with Gasteiger partial charge in [-0.1, -0.05) is 54.3 Å². The van der Waals surface area contributed by atoms with Gasteiger partial charge in [0.2, 0.25) is 0 Å². The Balaban J connectivity index is 1.46. The molecule has 4 atom stereocenters. The zero-order valence-corrected chi connectivity index (χ0v) is 15.1. The molecular formula is C24H32. The highest BCUT2D eigenvalue weighted by atomic mass is 14.6. The van der Waals surface area contributed by atoms with Crippen LogP contribution >= 0.6 is 0 Å². The summed E-state index contributed by atoms with van der Waals surface area (Å²) in [6, 6.07) is 11.4. The molecule has 3 saturated carbocycles. The molecule has 5 rings (SSSR count). The number of benzene rings is 1. The van der Waals surface area contributed by atoms with E-state index < -0.39 is 0 Å². The van der Waals surface area contributed by atoms with Gasteiger partial charge in [-0.15, -0.1) is 0 Å². The van der Waals surface area contributed by atoms with Crippen molar-refractivity contribution >= 4 is 0 Å². The summed E-state index contributed by atoms with van der Waals surface area (Å²) in [4.78, 5) is 0. The molecule has 1 aromatic rings. The maximum atomic E-state index is 2.37. The van der Waals surface area contributed by atoms with Gasteiger partial charge < -0.3 is 0 Å². The zero-order valence-electron chi connectivity index (χ0n) is 15.1. The van der Waals surface area contributed by atoms with Crippen molar-refractivity contribution in [3.63, 3.8) is 0 Å². The van der Waals surface area contributed by atoms with Crippen LogP contribution in [0.3, 0.4) is 0 Å². The van der Waals surface area contributed by atoms with Crippen LogP contribution in [0, 0.1) is 23.2 Å². The fourth-order valence-corrected chi connectivity index (χ4v) is 7.21. The molecule has 0 spiro atoms. The monoisotopic (exact) mass is 320 g/mol. The third-order valence-electron chi connectivity index (χ3n) is 8.18. The second-order valence-corrected chi connectivity index (χ2v) is 9.20. The summed E-state index contributed by atoms with van der Waals surface area (Å²) in [5, 5.41) is 0. The molecule has 4 aliphatic rings. The van der Waals surface area contributed by atoms with Gasteiger partial charge >= 0.3 is 0 Å². The second kappa shape index (κ2) is 6.04. The van der Waals surface area contributed by atoms with Gasteiger partial charge in [-0.3, -0.25) is 0 Å². The summed E-state index contributed by atoms with van der Waals surface area (Å²) in [7, 11) is 0. The molecule has 4 aliphatic carbocycles. The van der Waals surface area contributed by atoms with Gasteiger partial charge in [-0.05, 0) is 92.9 Å². The molecule has 0 aliphatic heterocycles. The normalized spacial score (nSPS) is 38.4. The summed E-state index contributed by atoms with van der Waals surface area (Å²) in [5.74, 6) is 2.96. The van der Waals surface area contributed by atoms with E-state index in [-0.39, 0.29) is 0 Å². The van der Waals surface area contributed by atoms with Crippen molar-refractivity contribution in [1.82, 2.24) is 0 Å². The van der Waals surface area contributed by atoms with E-state index in [1.165, 1.54) is 77.0 Å². The molecule has 128 valence electrons. The van der Waals surface area contributed by atoms with Crippen LogP contribution in [0.25, 0.3) is 0 Å². The number of hydrogen-bond donors (Lipinski definition) is 0. The molecule has 0 saturated heterocycles. The summed E-state index contributed by atoms with van der Waals surface area (Å²) < 4.78 is 0. The van der Waals surface area contributed by atoms with E-state index in [2.05, 4.69) is 30.3 Å². The lowest BCUT2D eigenvalue weighted by molar-refractivity contribution is 0.0882. The van der Waals surface area contributed by atoms with Crippen molar-refractivity contribution in [3.05, 3.63) is 47.0 Å². The van der Waals surface area contributed by atoms with Crippen LogP contribution in [-0.2, 0) is 6.42 Å². The van der Waals surface area contributed by atoms with Crippen LogP contribution in [0.5, 0.6) is 0 Å². The average molecular weight is 321 g/mol.